The normalized spacial score (nSPS) is 11.6. The second-order valence-electron chi connectivity index (χ2n) is 7.19. The predicted octanol–water partition coefficient (Wildman–Crippen LogP) is 4.76. The molecule has 0 aliphatic carbocycles. The fraction of sp³-hybridized carbons (Fsp3) is 0.364. The number of rotatable bonds is 8. The first-order chi connectivity index (χ1) is 12.9. The van der Waals surface area contributed by atoms with Crippen molar-refractivity contribution >= 4 is 45.0 Å². The molecule has 2 aromatic carbocycles. The Labute approximate surface area is 164 Å². The molecule has 0 bridgehead atoms. The second-order valence-corrected chi connectivity index (χ2v) is 7.57. The van der Waals surface area contributed by atoms with Crippen LogP contribution in [0, 0.1) is 0 Å². The van der Waals surface area contributed by atoms with Gasteiger partial charge in [0.15, 0.2) is 11.6 Å². The van der Waals surface area contributed by atoms with Gasteiger partial charge in [0.2, 0.25) is 0 Å². The van der Waals surface area contributed by atoms with Gasteiger partial charge in [0.05, 0.1) is 0 Å². The van der Waals surface area contributed by atoms with Gasteiger partial charge in [-0.3, -0.25) is 9.59 Å². The maximum Gasteiger partial charge on any atom is 0.164 e. The summed E-state index contributed by atoms with van der Waals surface area (Å²) >= 11 is 5.74. The van der Waals surface area contributed by atoms with Crippen LogP contribution in [0.5, 0.6) is 0 Å². The molecular weight excluding hydrogens is 360 g/mol. The lowest BCUT2D eigenvalue weighted by Crippen LogP contribution is -2.15. The molecule has 0 aliphatic rings. The third-order valence-corrected chi connectivity index (χ3v) is 5.09. The van der Waals surface area contributed by atoms with E-state index < -0.39 is 0 Å². The molecule has 0 saturated heterocycles. The van der Waals surface area contributed by atoms with Gasteiger partial charge in [-0.15, -0.1) is 11.6 Å². The third kappa shape index (κ3) is 4.07. The number of fused-ring (bicyclic) bond motifs is 3. The molecular formula is C22H25ClN2O2. The Balaban J connectivity index is 2.17. The Morgan fingerprint density at radius 2 is 1.59 bits per heavy atom. The number of carbonyl (C=O) groups excluding carboxylic acids is 2. The smallest absolute Gasteiger partial charge is 0.164 e. The van der Waals surface area contributed by atoms with Crippen LogP contribution in [0.4, 0.5) is 0 Å². The number of hydrogen-bond acceptors (Lipinski definition) is 3. The van der Waals surface area contributed by atoms with Crippen LogP contribution in [-0.2, 0) is 6.54 Å². The number of halogens is 1. The lowest BCUT2D eigenvalue weighted by Gasteiger charge is -2.11. The van der Waals surface area contributed by atoms with Gasteiger partial charge in [0.1, 0.15) is 0 Å². The molecule has 0 aliphatic heterocycles. The van der Waals surface area contributed by atoms with E-state index in [1.54, 1.807) is 6.92 Å². The molecule has 0 atom stereocenters. The van der Waals surface area contributed by atoms with E-state index in [2.05, 4.69) is 23.6 Å². The number of carbonyl (C=O) groups is 2. The van der Waals surface area contributed by atoms with Gasteiger partial charge in [-0.2, -0.15) is 0 Å². The Morgan fingerprint density at radius 3 is 2.15 bits per heavy atom. The van der Waals surface area contributed by atoms with Gasteiger partial charge in [0.25, 0.3) is 0 Å². The van der Waals surface area contributed by atoms with Crippen LogP contribution in [0.2, 0.25) is 0 Å². The molecule has 3 aromatic rings. The van der Waals surface area contributed by atoms with Crippen molar-refractivity contribution < 1.29 is 9.59 Å². The molecule has 0 saturated carbocycles. The average molecular weight is 385 g/mol. The SMILES string of the molecule is CC(=O)c1ccc2c(c1)c1cc(C(=O)CCCl)ccc1n2CCCN(C)C. The van der Waals surface area contributed by atoms with Crippen molar-refractivity contribution in [2.75, 3.05) is 26.5 Å². The van der Waals surface area contributed by atoms with Gasteiger partial charge in [-0.05, 0) is 70.4 Å². The minimum atomic E-state index is 0.0415. The molecule has 27 heavy (non-hydrogen) atoms. The van der Waals surface area contributed by atoms with Crippen molar-refractivity contribution in [2.24, 2.45) is 0 Å². The van der Waals surface area contributed by atoms with E-state index >= 15 is 0 Å². The molecule has 5 heteroatoms. The summed E-state index contributed by atoms with van der Waals surface area (Å²) in [4.78, 5) is 26.3. The van der Waals surface area contributed by atoms with Crippen molar-refractivity contribution in [1.29, 1.82) is 0 Å². The summed E-state index contributed by atoms with van der Waals surface area (Å²) in [6.45, 7) is 3.46. The highest BCUT2D eigenvalue weighted by Gasteiger charge is 2.15. The van der Waals surface area contributed by atoms with E-state index in [0.717, 1.165) is 41.3 Å². The first-order valence-corrected chi connectivity index (χ1v) is 9.76. The largest absolute Gasteiger partial charge is 0.340 e. The van der Waals surface area contributed by atoms with Crippen molar-refractivity contribution in [2.45, 2.75) is 26.3 Å². The molecule has 0 N–H and O–H groups in total. The van der Waals surface area contributed by atoms with Crippen LogP contribution in [0.1, 0.15) is 40.5 Å². The summed E-state index contributed by atoms with van der Waals surface area (Å²) in [6, 6.07) is 11.7. The van der Waals surface area contributed by atoms with Crippen molar-refractivity contribution in [1.82, 2.24) is 9.47 Å². The number of benzene rings is 2. The Morgan fingerprint density at radius 1 is 1.00 bits per heavy atom. The standard InChI is InChI=1S/C22H25ClN2O2/c1-15(26)16-5-7-20-18(13-16)19-14-17(22(27)9-10-23)6-8-21(19)25(20)12-4-11-24(2)3/h5-8,13-14H,4,9-12H2,1-3H3. The van der Waals surface area contributed by atoms with Crippen LogP contribution in [0.3, 0.4) is 0 Å². The summed E-state index contributed by atoms with van der Waals surface area (Å²) in [6.07, 6.45) is 1.35. The summed E-state index contributed by atoms with van der Waals surface area (Å²) in [5.41, 5.74) is 3.54. The maximum absolute atomic E-state index is 12.3. The van der Waals surface area contributed by atoms with Crippen molar-refractivity contribution in [3.05, 3.63) is 47.5 Å². The number of ketones is 2. The molecule has 0 amide bonds. The van der Waals surface area contributed by atoms with Crippen LogP contribution in [-0.4, -0.2) is 47.6 Å². The van der Waals surface area contributed by atoms with Gasteiger partial charge >= 0.3 is 0 Å². The summed E-state index contributed by atoms with van der Waals surface area (Å²) < 4.78 is 2.29. The minimum Gasteiger partial charge on any atom is -0.340 e. The van der Waals surface area contributed by atoms with Crippen LogP contribution in [0.25, 0.3) is 21.8 Å². The fourth-order valence-electron chi connectivity index (χ4n) is 3.51. The highest BCUT2D eigenvalue weighted by molar-refractivity contribution is 6.20. The zero-order chi connectivity index (χ0) is 19.6. The molecule has 0 spiro atoms. The summed E-state index contributed by atoms with van der Waals surface area (Å²) in [7, 11) is 4.14. The first-order valence-electron chi connectivity index (χ1n) is 9.23. The van der Waals surface area contributed by atoms with E-state index in [-0.39, 0.29) is 11.6 Å². The Hall–Kier alpha value is -2.17. The average Bonchev–Trinajstić information content (AvgIpc) is 2.94. The van der Waals surface area contributed by atoms with E-state index in [4.69, 9.17) is 11.6 Å². The number of aromatic nitrogens is 1. The summed E-state index contributed by atoms with van der Waals surface area (Å²) in [5, 5.41) is 2.03. The van der Waals surface area contributed by atoms with Crippen molar-refractivity contribution in [3.63, 3.8) is 0 Å². The number of aryl methyl sites for hydroxylation is 1. The molecule has 1 aromatic heterocycles. The van der Waals surface area contributed by atoms with E-state index in [1.807, 2.05) is 36.4 Å². The minimum absolute atomic E-state index is 0.0415. The van der Waals surface area contributed by atoms with Gasteiger partial charge in [0, 0.05) is 51.8 Å². The number of hydrogen-bond donors (Lipinski definition) is 0. The molecule has 0 radical (unpaired) electrons. The number of nitrogens with zero attached hydrogens (tertiary/aromatic N) is 2. The van der Waals surface area contributed by atoms with Crippen LogP contribution >= 0.6 is 11.6 Å². The Bertz CT molecular complexity index is 1000. The fourth-order valence-corrected chi connectivity index (χ4v) is 3.68. The Kier molecular flexibility index (Phi) is 5.98. The van der Waals surface area contributed by atoms with Crippen molar-refractivity contribution in [3.8, 4) is 0 Å². The molecule has 0 unspecified atom stereocenters. The maximum atomic E-state index is 12.3. The molecule has 142 valence electrons. The quantitative estimate of drug-likeness (QED) is 0.415. The molecule has 1 heterocycles. The highest BCUT2D eigenvalue weighted by atomic mass is 35.5. The molecule has 0 fully saturated rings. The van der Waals surface area contributed by atoms with Gasteiger partial charge in [-0.25, -0.2) is 0 Å². The van der Waals surface area contributed by atoms with Gasteiger partial charge in [-0.1, -0.05) is 0 Å². The third-order valence-electron chi connectivity index (χ3n) is 4.90. The van der Waals surface area contributed by atoms with E-state index in [0.29, 0.717) is 23.4 Å². The van der Waals surface area contributed by atoms with Gasteiger partial charge < -0.3 is 9.47 Å². The topological polar surface area (TPSA) is 42.3 Å². The summed E-state index contributed by atoms with van der Waals surface area (Å²) in [5.74, 6) is 0.403. The zero-order valence-electron chi connectivity index (χ0n) is 16.1. The number of alkyl halides is 1. The lowest BCUT2D eigenvalue weighted by molar-refractivity contribution is 0.0987. The van der Waals surface area contributed by atoms with E-state index in [9.17, 15) is 9.59 Å². The monoisotopic (exact) mass is 384 g/mol. The van der Waals surface area contributed by atoms with Crippen LogP contribution < -0.4 is 0 Å². The first kappa shape index (κ1) is 19.6. The molecule has 3 rings (SSSR count). The zero-order valence-corrected chi connectivity index (χ0v) is 16.8. The predicted molar refractivity (Wildman–Crippen MR) is 112 cm³/mol. The number of Topliss-reactive ketones (excluding diaryl/α,β-unsaturated/α-hetero) is 2. The highest BCUT2D eigenvalue weighted by Crippen LogP contribution is 2.31. The second kappa shape index (κ2) is 8.24. The van der Waals surface area contributed by atoms with E-state index in [1.165, 1.54) is 0 Å². The van der Waals surface area contributed by atoms with Crippen LogP contribution in [0.15, 0.2) is 36.4 Å². The lowest BCUT2D eigenvalue weighted by atomic mass is 10.0. The molecule has 4 nitrogen and oxygen atoms in total.